The molecule has 0 fully saturated rings. The SMILES string of the molecule is CCc1ccccc1CNc1cc([N+](=O)[O-])ccc1Br. The number of hydrogen-bond donors (Lipinski definition) is 1. The Morgan fingerprint density at radius 1 is 1.20 bits per heavy atom. The molecule has 20 heavy (non-hydrogen) atoms. The van der Waals surface area contributed by atoms with E-state index in [1.807, 2.05) is 12.1 Å². The van der Waals surface area contributed by atoms with E-state index in [4.69, 9.17) is 0 Å². The summed E-state index contributed by atoms with van der Waals surface area (Å²) in [5.74, 6) is 0. The summed E-state index contributed by atoms with van der Waals surface area (Å²) < 4.78 is 0.817. The van der Waals surface area contributed by atoms with Crippen LogP contribution >= 0.6 is 15.9 Å². The molecule has 2 aromatic carbocycles. The molecule has 1 N–H and O–H groups in total. The van der Waals surface area contributed by atoms with Crippen LogP contribution in [0.1, 0.15) is 18.1 Å². The first-order valence-electron chi connectivity index (χ1n) is 6.36. The summed E-state index contributed by atoms with van der Waals surface area (Å²) >= 11 is 3.40. The van der Waals surface area contributed by atoms with Crippen molar-refractivity contribution in [2.75, 3.05) is 5.32 Å². The van der Waals surface area contributed by atoms with Gasteiger partial charge >= 0.3 is 0 Å². The number of rotatable bonds is 5. The number of nitro groups is 1. The second-order valence-electron chi connectivity index (χ2n) is 4.40. The molecule has 0 aliphatic heterocycles. The molecule has 2 aromatic rings. The van der Waals surface area contributed by atoms with Crippen molar-refractivity contribution in [1.29, 1.82) is 0 Å². The normalized spacial score (nSPS) is 10.3. The third kappa shape index (κ3) is 3.36. The van der Waals surface area contributed by atoms with Gasteiger partial charge < -0.3 is 5.32 Å². The third-order valence-corrected chi connectivity index (χ3v) is 3.82. The third-order valence-electron chi connectivity index (χ3n) is 3.13. The minimum atomic E-state index is -0.391. The van der Waals surface area contributed by atoms with Crippen LogP contribution < -0.4 is 5.32 Å². The standard InChI is InChI=1S/C15H15BrN2O2/c1-2-11-5-3-4-6-12(11)10-17-15-9-13(18(19)20)7-8-14(15)16/h3-9,17H,2,10H2,1H3. The lowest BCUT2D eigenvalue weighted by Gasteiger charge is -2.11. The van der Waals surface area contributed by atoms with Crippen molar-refractivity contribution in [3.05, 3.63) is 68.2 Å². The van der Waals surface area contributed by atoms with E-state index in [-0.39, 0.29) is 5.69 Å². The zero-order chi connectivity index (χ0) is 14.5. The Hall–Kier alpha value is -1.88. The average molecular weight is 335 g/mol. The maximum Gasteiger partial charge on any atom is 0.271 e. The van der Waals surface area contributed by atoms with Gasteiger partial charge in [-0.25, -0.2) is 0 Å². The molecule has 2 rings (SSSR count). The zero-order valence-electron chi connectivity index (χ0n) is 11.1. The molecule has 0 aliphatic rings. The summed E-state index contributed by atoms with van der Waals surface area (Å²) in [6.07, 6.45) is 0.966. The van der Waals surface area contributed by atoms with Crippen molar-refractivity contribution in [1.82, 2.24) is 0 Å². The predicted molar refractivity (Wildman–Crippen MR) is 83.9 cm³/mol. The molecule has 0 aromatic heterocycles. The second-order valence-corrected chi connectivity index (χ2v) is 5.25. The fourth-order valence-corrected chi connectivity index (χ4v) is 2.41. The van der Waals surface area contributed by atoms with Crippen LogP contribution in [-0.4, -0.2) is 4.92 Å². The first-order chi connectivity index (χ1) is 9.61. The molecule has 5 heteroatoms. The van der Waals surface area contributed by atoms with Crippen LogP contribution in [0.15, 0.2) is 46.9 Å². The zero-order valence-corrected chi connectivity index (χ0v) is 12.7. The van der Waals surface area contributed by atoms with Crippen LogP contribution in [0.3, 0.4) is 0 Å². The molecule has 0 amide bonds. The molecular formula is C15H15BrN2O2. The Kier molecular flexibility index (Phi) is 4.74. The lowest BCUT2D eigenvalue weighted by Crippen LogP contribution is -2.03. The Bertz CT molecular complexity index is 629. The minimum Gasteiger partial charge on any atom is -0.380 e. The highest BCUT2D eigenvalue weighted by Gasteiger charge is 2.09. The molecule has 0 saturated carbocycles. The van der Waals surface area contributed by atoms with E-state index >= 15 is 0 Å². The van der Waals surface area contributed by atoms with Crippen molar-refractivity contribution in [3.8, 4) is 0 Å². The van der Waals surface area contributed by atoms with Crippen LogP contribution in [0.5, 0.6) is 0 Å². The summed E-state index contributed by atoms with van der Waals surface area (Å²) in [4.78, 5) is 10.4. The highest BCUT2D eigenvalue weighted by molar-refractivity contribution is 9.10. The number of non-ortho nitro benzene ring substituents is 1. The van der Waals surface area contributed by atoms with E-state index in [9.17, 15) is 10.1 Å². The Labute approximate surface area is 126 Å². The van der Waals surface area contributed by atoms with E-state index in [0.29, 0.717) is 6.54 Å². The summed E-state index contributed by atoms with van der Waals surface area (Å²) in [5, 5.41) is 14.0. The lowest BCUT2D eigenvalue weighted by molar-refractivity contribution is -0.384. The lowest BCUT2D eigenvalue weighted by atomic mass is 10.1. The average Bonchev–Trinajstić information content (AvgIpc) is 2.46. The van der Waals surface area contributed by atoms with Crippen LogP contribution in [-0.2, 0) is 13.0 Å². The summed E-state index contributed by atoms with van der Waals surface area (Å²) in [6.45, 7) is 2.76. The Morgan fingerprint density at radius 2 is 1.90 bits per heavy atom. The largest absolute Gasteiger partial charge is 0.380 e. The van der Waals surface area contributed by atoms with Crippen molar-refractivity contribution in [2.45, 2.75) is 19.9 Å². The van der Waals surface area contributed by atoms with Crippen molar-refractivity contribution in [3.63, 3.8) is 0 Å². The molecule has 0 unspecified atom stereocenters. The number of anilines is 1. The minimum absolute atomic E-state index is 0.0828. The quantitative estimate of drug-likeness (QED) is 0.645. The number of nitro benzene ring substituents is 1. The molecule has 0 aliphatic carbocycles. The molecule has 4 nitrogen and oxygen atoms in total. The van der Waals surface area contributed by atoms with E-state index in [2.05, 4.69) is 40.3 Å². The number of aryl methyl sites for hydroxylation is 1. The van der Waals surface area contributed by atoms with Gasteiger partial charge in [0.25, 0.3) is 5.69 Å². The molecule has 0 atom stereocenters. The first kappa shape index (κ1) is 14.5. The second kappa shape index (κ2) is 6.52. The monoisotopic (exact) mass is 334 g/mol. The highest BCUT2D eigenvalue weighted by Crippen LogP contribution is 2.27. The summed E-state index contributed by atoms with van der Waals surface area (Å²) in [6, 6.07) is 12.9. The number of nitrogens with one attached hydrogen (secondary N) is 1. The summed E-state index contributed by atoms with van der Waals surface area (Å²) in [7, 11) is 0. The van der Waals surface area contributed by atoms with Crippen LogP contribution in [0.25, 0.3) is 0 Å². The smallest absolute Gasteiger partial charge is 0.271 e. The van der Waals surface area contributed by atoms with E-state index in [1.165, 1.54) is 17.2 Å². The molecule has 0 heterocycles. The fraction of sp³-hybridized carbons (Fsp3) is 0.200. The molecule has 0 saturated heterocycles. The van der Waals surface area contributed by atoms with Crippen molar-refractivity contribution in [2.24, 2.45) is 0 Å². The fourth-order valence-electron chi connectivity index (χ4n) is 2.03. The maximum atomic E-state index is 10.8. The number of halogens is 1. The van der Waals surface area contributed by atoms with Crippen LogP contribution in [0, 0.1) is 10.1 Å². The van der Waals surface area contributed by atoms with Gasteiger partial charge in [0.05, 0.1) is 10.6 Å². The van der Waals surface area contributed by atoms with Gasteiger partial charge in [-0.15, -0.1) is 0 Å². The van der Waals surface area contributed by atoms with Crippen LogP contribution in [0.2, 0.25) is 0 Å². The number of nitrogens with zero attached hydrogens (tertiary/aromatic N) is 1. The molecule has 104 valence electrons. The first-order valence-corrected chi connectivity index (χ1v) is 7.15. The van der Waals surface area contributed by atoms with E-state index < -0.39 is 4.92 Å². The topological polar surface area (TPSA) is 55.2 Å². The van der Waals surface area contributed by atoms with Gasteiger partial charge in [-0.2, -0.15) is 0 Å². The van der Waals surface area contributed by atoms with Gasteiger partial charge in [0.2, 0.25) is 0 Å². The number of benzene rings is 2. The molecular weight excluding hydrogens is 320 g/mol. The van der Waals surface area contributed by atoms with E-state index in [1.54, 1.807) is 12.1 Å². The highest BCUT2D eigenvalue weighted by atomic mass is 79.9. The molecule has 0 bridgehead atoms. The Balaban J connectivity index is 2.18. The van der Waals surface area contributed by atoms with Gasteiger partial charge in [0.15, 0.2) is 0 Å². The van der Waals surface area contributed by atoms with Crippen LogP contribution in [0.4, 0.5) is 11.4 Å². The van der Waals surface area contributed by atoms with Gasteiger partial charge in [-0.05, 0) is 39.5 Å². The van der Waals surface area contributed by atoms with Crippen molar-refractivity contribution < 1.29 is 4.92 Å². The van der Waals surface area contributed by atoms with Gasteiger partial charge in [0, 0.05) is 23.2 Å². The predicted octanol–water partition coefficient (Wildman–Crippen LogP) is 4.53. The van der Waals surface area contributed by atoms with Crippen molar-refractivity contribution >= 4 is 27.3 Å². The van der Waals surface area contributed by atoms with Gasteiger partial charge in [0.1, 0.15) is 0 Å². The van der Waals surface area contributed by atoms with E-state index in [0.717, 1.165) is 16.6 Å². The van der Waals surface area contributed by atoms with Gasteiger partial charge in [-0.3, -0.25) is 10.1 Å². The Morgan fingerprint density at radius 3 is 2.55 bits per heavy atom. The molecule has 0 radical (unpaired) electrons. The maximum absolute atomic E-state index is 10.8. The molecule has 0 spiro atoms. The van der Waals surface area contributed by atoms with Gasteiger partial charge in [-0.1, -0.05) is 31.2 Å². The number of hydrogen-bond acceptors (Lipinski definition) is 3. The summed E-state index contributed by atoms with van der Waals surface area (Å²) in [5.41, 5.74) is 3.29.